The molecule has 0 unspecified atom stereocenters. The van der Waals surface area contributed by atoms with Gasteiger partial charge in [-0.25, -0.2) is 19.2 Å². The van der Waals surface area contributed by atoms with Crippen molar-refractivity contribution in [2.24, 2.45) is 5.92 Å². The third-order valence-electron chi connectivity index (χ3n) is 6.99. The van der Waals surface area contributed by atoms with E-state index in [1.165, 1.54) is 12.1 Å². The Bertz CT molecular complexity index is 1280. The van der Waals surface area contributed by atoms with Crippen LogP contribution in [0.25, 0.3) is 11.3 Å². The number of anilines is 2. The second kappa shape index (κ2) is 11.6. The fraction of sp³-hybridized carbons (Fsp3) is 0.414. The lowest BCUT2D eigenvalue weighted by atomic mass is 9.80. The molecule has 0 aliphatic heterocycles. The number of halogens is 2. The van der Waals surface area contributed by atoms with E-state index in [1.54, 1.807) is 23.2 Å². The number of rotatable bonds is 7. The molecule has 7 nitrogen and oxygen atoms in total. The molecule has 2 heterocycles. The Hall–Kier alpha value is -3.39. The molecule has 1 aliphatic rings. The Kier molecular flexibility index (Phi) is 8.41. The molecule has 38 heavy (non-hydrogen) atoms. The van der Waals surface area contributed by atoms with E-state index >= 15 is 0 Å². The van der Waals surface area contributed by atoms with E-state index in [-0.39, 0.29) is 23.8 Å². The fourth-order valence-corrected chi connectivity index (χ4v) is 5.43. The van der Waals surface area contributed by atoms with Gasteiger partial charge in [-0.15, -0.1) is 0 Å². The highest BCUT2D eigenvalue weighted by Gasteiger charge is 2.39. The second-order valence-corrected chi connectivity index (χ2v) is 11.4. The molecule has 1 aromatic carbocycles. The Morgan fingerprint density at radius 2 is 1.97 bits per heavy atom. The summed E-state index contributed by atoms with van der Waals surface area (Å²) in [4.78, 5) is 22.8. The largest absolute Gasteiger partial charge is 0.465 e. The Labute approximate surface area is 228 Å². The van der Waals surface area contributed by atoms with E-state index in [0.717, 1.165) is 41.9 Å². The number of aromatic nitrogens is 2. The summed E-state index contributed by atoms with van der Waals surface area (Å²) >= 11 is 6.37. The van der Waals surface area contributed by atoms with Crippen molar-refractivity contribution in [3.8, 4) is 11.3 Å². The zero-order chi connectivity index (χ0) is 27.4. The van der Waals surface area contributed by atoms with Gasteiger partial charge in [0.15, 0.2) is 0 Å². The first-order chi connectivity index (χ1) is 18.0. The average Bonchev–Trinajstić information content (AvgIpc) is 2.84. The van der Waals surface area contributed by atoms with Gasteiger partial charge in [-0.2, -0.15) is 0 Å². The Morgan fingerprint density at radius 1 is 1.18 bits per heavy atom. The molecule has 1 fully saturated rings. The SMILES string of the molecule is C[C@@H]1C[C@H](Nc2cc(-c3ccc(Cl)c(NCc4cccc(F)c4)n3)ccn2)CC[C@H]1N(C(=O)O)C(C)(C)C. The molecule has 3 N–H and O–H groups in total. The van der Waals surface area contributed by atoms with Gasteiger partial charge in [0.25, 0.3) is 0 Å². The number of carboxylic acid groups (broad SMARTS) is 1. The predicted molar refractivity (Wildman–Crippen MR) is 150 cm³/mol. The Balaban J connectivity index is 1.43. The lowest BCUT2D eigenvalue weighted by Crippen LogP contribution is -2.55. The summed E-state index contributed by atoms with van der Waals surface area (Å²) in [7, 11) is 0. The van der Waals surface area contributed by atoms with E-state index in [1.807, 2.05) is 45.0 Å². The number of nitrogens with one attached hydrogen (secondary N) is 2. The summed E-state index contributed by atoms with van der Waals surface area (Å²) in [6, 6.07) is 14.1. The summed E-state index contributed by atoms with van der Waals surface area (Å²) in [6.07, 6.45) is 3.38. The van der Waals surface area contributed by atoms with Crippen LogP contribution in [-0.4, -0.2) is 43.7 Å². The minimum Gasteiger partial charge on any atom is -0.465 e. The monoisotopic (exact) mass is 539 g/mol. The number of pyridine rings is 2. The van der Waals surface area contributed by atoms with Crippen LogP contribution in [0.5, 0.6) is 0 Å². The van der Waals surface area contributed by atoms with Crippen LogP contribution in [0.15, 0.2) is 54.7 Å². The maximum Gasteiger partial charge on any atom is 0.407 e. The molecule has 9 heteroatoms. The number of benzene rings is 1. The number of carbonyl (C=O) groups is 1. The minimum atomic E-state index is -0.865. The highest BCUT2D eigenvalue weighted by molar-refractivity contribution is 6.33. The highest BCUT2D eigenvalue weighted by atomic mass is 35.5. The average molecular weight is 540 g/mol. The zero-order valence-corrected chi connectivity index (χ0v) is 23.0. The maximum absolute atomic E-state index is 13.5. The summed E-state index contributed by atoms with van der Waals surface area (Å²) < 4.78 is 13.5. The first kappa shape index (κ1) is 27.6. The fourth-order valence-electron chi connectivity index (χ4n) is 5.26. The third kappa shape index (κ3) is 6.72. The summed E-state index contributed by atoms with van der Waals surface area (Å²) in [6.45, 7) is 8.36. The van der Waals surface area contributed by atoms with Gasteiger partial charge in [0, 0.05) is 35.9 Å². The van der Waals surface area contributed by atoms with E-state index < -0.39 is 11.6 Å². The van der Waals surface area contributed by atoms with E-state index in [0.29, 0.717) is 17.4 Å². The maximum atomic E-state index is 13.5. The first-order valence-electron chi connectivity index (χ1n) is 12.9. The van der Waals surface area contributed by atoms with Gasteiger partial charge in [-0.1, -0.05) is 30.7 Å². The third-order valence-corrected chi connectivity index (χ3v) is 7.29. The number of nitrogens with zero attached hydrogens (tertiary/aromatic N) is 3. The second-order valence-electron chi connectivity index (χ2n) is 11.0. The molecule has 1 saturated carbocycles. The van der Waals surface area contributed by atoms with Crippen LogP contribution in [0, 0.1) is 11.7 Å². The topological polar surface area (TPSA) is 90.4 Å². The molecule has 3 aromatic rings. The first-order valence-corrected chi connectivity index (χ1v) is 13.3. The van der Waals surface area contributed by atoms with Crippen molar-refractivity contribution in [2.45, 2.75) is 71.1 Å². The summed E-state index contributed by atoms with van der Waals surface area (Å²) in [5, 5.41) is 17.0. The van der Waals surface area contributed by atoms with Crippen LogP contribution in [-0.2, 0) is 6.54 Å². The van der Waals surface area contributed by atoms with Gasteiger partial charge in [0.2, 0.25) is 0 Å². The van der Waals surface area contributed by atoms with Crippen molar-refractivity contribution in [1.82, 2.24) is 14.9 Å². The normalized spacial score (nSPS) is 19.6. The molecule has 3 atom stereocenters. The van der Waals surface area contributed by atoms with Gasteiger partial charge in [0.1, 0.15) is 17.5 Å². The highest BCUT2D eigenvalue weighted by Crippen LogP contribution is 2.34. The lowest BCUT2D eigenvalue weighted by Gasteiger charge is -2.46. The molecule has 0 radical (unpaired) electrons. The van der Waals surface area contributed by atoms with Crippen molar-refractivity contribution >= 4 is 29.3 Å². The molecule has 1 amide bonds. The van der Waals surface area contributed by atoms with E-state index in [4.69, 9.17) is 16.6 Å². The number of hydrogen-bond acceptors (Lipinski definition) is 5. The van der Waals surface area contributed by atoms with Gasteiger partial charge in [-0.3, -0.25) is 0 Å². The van der Waals surface area contributed by atoms with Gasteiger partial charge >= 0.3 is 6.09 Å². The standard InChI is InChI=1S/C29H35ClFN5O2/c1-18-14-22(8-11-25(18)36(28(37)38)29(2,3)4)34-26-16-20(12-13-32-26)24-10-9-23(30)27(35-24)33-17-19-6-5-7-21(31)15-19/h5-7,9-10,12-13,15-16,18,22,25H,8,11,14,17H2,1-4H3,(H,32,34)(H,33,35)(H,37,38)/t18-,22-,25-/m1/s1. The van der Waals surface area contributed by atoms with E-state index in [9.17, 15) is 14.3 Å². The minimum absolute atomic E-state index is 0.0126. The van der Waals surface area contributed by atoms with Gasteiger partial charge in [0.05, 0.1) is 10.7 Å². The van der Waals surface area contributed by atoms with Crippen molar-refractivity contribution in [3.63, 3.8) is 0 Å². The van der Waals surface area contributed by atoms with Crippen molar-refractivity contribution < 1.29 is 14.3 Å². The van der Waals surface area contributed by atoms with Crippen LogP contribution in [0.2, 0.25) is 5.02 Å². The van der Waals surface area contributed by atoms with Crippen LogP contribution >= 0.6 is 11.6 Å². The number of hydrogen-bond donors (Lipinski definition) is 3. The summed E-state index contributed by atoms with van der Waals surface area (Å²) in [5.41, 5.74) is 1.97. The summed E-state index contributed by atoms with van der Waals surface area (Å²) in [5.74, 6) is 1.19. The quantitative estimate of drug-likeness (QED) is 0.292. The van der Waals surface area contributed by atoms with Crippen LogP contribution in [0.3, 0.4) is 0 Å². The predicted octanol–water partition coefficient (Wildman–Crippen LogP) is 7.30. The van der Waals surface area contributed by atoms with Crippen molar-refractivity contribution in [2.75, 3.05) is 10.6 Å². The molecule has 202 valence electrons. The van der Waals surface area contributed by atoms with Gasteiger partial charge < -0.3 is 20.6 Å². The van der Waals surface area contributed by atoms with Gasteiger partial charge in [-0.05, 0) is 87.9 Å². The molecule has 4 rings (SSSR count). The number of amides is 1. The van der Waals surface area contributed by atoms with Crippen molar-refractivity contribution in [3.05, 3.63) is 71.1 Å². The smallest absolute Gasteiger partial charge is 0.407 e. The Morgan fingerprint density at radius 3 is 2.66 bits per heavy atom. The lowest BCUT2D eigenvalue weighted by molar-refractivity contribution is 0.0347. The molecule has 1 aliphatic carbocycles. The van der Waals surface area contributed by atoms with Crippen LogP contribution in [0.4, 0.5) is 20.8 Å². The molecular formula is C29H35ClFN5O2. The van der Waals surface area contributed by atoms with Crippen LogP contribution in [0.1, 0.15) is 52.5 Å². The molecule has 0 saturated heterocycles. The van der Waals surface area contributed by atoms with Crippen LogP contribution < -0.4 is 10.6 Å². The zero-order valence-electron chi connectivity index (χ0n) is 22.2. The van der Waals surface area contributed by atoms with Crippen molar-refractivity contribution in [1.29, 1.82) is 0 Å². The molecular weight excluding hydrogens is 505 g/mol. The molecule has 2 aromatic heterocycles. The van der Waals surface area contributed by atoms with E-state index in [2.05, 4.69) is 22.5 Å². The molecule has 0 bridgehead atoms. The molecule has 0 spiro atoms.